The molecule has 9 N–H and O–H groups in total. The van der Waals surface area contributed by atoms with Crippen LogP contribution in [0.25, 0.3) is 12.2 Å². The molecule has 2 aromatic carbocycles. The Morgan fingerprint density at radius 3 is 1.43 bits per heavy atom. The largest absolute Gasteiger partial charge is 0.508 e. The van der Waals surface area contributed by atoms with Crippen molar-refractivity contribution in [3.63, 3.8) is 0 Å². The van der Waals surface area contributed by atoms with E-state index >= 15 is 0 Å². The lowest BCUT2D eigenvalue weighted by Crippen LogP contribution is -2.55. The van der Waals surface area contributed by atoms with E-state index in [1.165, 1.54) is 18.2 Å². The van der Waals surface area contributed by atoms with Crippen molar-refractivity contribution in [3.8, 4) is 5.75 Å². The van der Waals surface area contributed by atoms with E-state index in [4.69, 9.17) is 9.47 Å². The highest BCUT2D eigenvalue weighted by molar-refractivity contribution is 5.70. The van der Waals surface area contributed by atoms with E-state index in [-0.39, 0.29) is 5.75 Å². The van der Waals surface area contributed by atoms with Gasteiger partial charge in [0.05, 0.1) is 13.2 Å². The molecule has 0 bridgehead atoms. The third kappa shape index (κ3) is 5.71. The second kappa shape index (κ2) is 11.5. The van der Waals surface area contributed by atoms with Gasteiger partial charge in [-0.3, -0.25) is 0 Å². The monoisotopic (exact) mass is 520 g/mol. The first kappa shape index (κ1) is 27.6. The van der Waals surface area contributed by atoms with Gasteiger partial charge in [-0.05, 0) is 46.5 Å². The topological polar surface area (TPSA) is 201 Å². The summed E-state index contributed by atoms with van der Waals surface area (Å²) in [6, 6.07) is 11.2. The molecule has 11 heteroatoms. The summed E-state index contributed by atoms with van der Waals surface area (Å²) in [5.74, 6) is 0.103. The Kier molecular flexibility index (Phi) is 8.61. The molecule has 37 heavy (non-hydrogen) atoms. The van der Waals surface area contributed by atoms with Crippen LogP contribution in [0.1, 0.15) is 34.5 Å². The standard InChI is InChI=1S/C26H32O11/c27-10-17-19(30)21(32)23(34)25(36-17)14-7-13(2-1-12-3-5-16(29)6-4-12)8-15(9-14)26-24(35)22(33)20(31)18(11-28)37-26/h1-9,17-35H,10-11H2/b2-1+/t17-,18-,19-,20-,21+,22+,23-,24-,25+,26+/m1/s1. The first-order valence-corrected chi connectivity index (χ1v) is 11.9. The molecule has 0 unspecified atom stereocenters. The minimum atomic E-state index is -1.61. The predicted molar refractivity (Wildman–Crippen MR) is 129 cm³/mol. The maximum atomic E-state index is 10.7. The number of aromatic hydroxyl groups is 1. The Morgan fingerprint density at radius 1 is 0.568 bits per heavy atom. The van der Waals surface area contributed by atoms with Crippen LogP contribution in [0, 0.1) is 0 Å². The van der Waals surface area contributed by atoms with Crippen LogP contribution in [-0.2, 0) is 9.47 Å². The second-order valence-electron chi connectivity index (χ2n) is 9.36. The summed E-state index contributed by atoms with van der Waals surface area (Å²) in [7, 11) is 0. The number of phenolic OH excluding ortho intramolecular Hbond substituents is 1. The van der Waals surface area contributed by atoms with Gasteiger partial charge in [-0.2, -0.15) is 0 Å². The van der Waals surface area contributed by atoms with Gasteiger partial charge in [0.2, 0.25) is 0 Å². The van der Waals surface area contributed by atoms with Crippen LogP contribution in [0.5, 0.6) is 5.75 Å². The van der Waals surface area contributed by atoms with Gasteiger partial charge in [0.25, 0.3) is 0 Å². The molecule has 2 aliphatic heterocycles. The third-order valence-electron chi connectivity index (χ3n) is 6.80. The highest BCUT2D eigenvalue weighted by atomic mass is 16.6. The van der Waals surface area contributed by atoms with Gasteiger partial charge >= 0.3 is 0 Å². The molecule has 2 heterocycles. The fourth-order valence-corrected chi connectivity index (χ4v) is 4.66. The summed E-state index contributed by atoms with van der Waals surface area (Å²) in [5, 5.41) is 90.9. The molecule has 2 fully saturated rings. The Labute approximate surface area is 212 Å². The highest BCUT2D eigenvalue weighted by Gasteiger charge is 2.46. The number of ether oxygens (including phenoxy) is 2. The Hall–Kier alpha value is -2.42. The Balaban J connectivity index is 1.76. The van der Waals surface area contributed by atoms with E-state index in [2.05, 4.69) is 0 Å². The van der Waals surface area contributed by atoms with E-state index in [0.29, 0.717) is 16.7 Å². The second-order valence-corrected chi connectivity index (χ2v) is 9.36. The lowest BCUT2D eigenvalue weighted by atomic mass is 9.86. The number of aliphatic hydroxyl groups excluding tert-OH is 8. The number of rotatable bonds is 6. The molecule has 0 aromatic heterocycles. The molecular weight excluding hydrogens is 488 g/mol. The first-order valence-electron chi connectivity index (χ1n) is 11.9. The van der Waals surface area contributed by atoms with Gasteiger partial charge < -0.3 is 55.4 Å². The van der Waals surface area contributed by atoms with Gasteiger partial charge in [0, 0.05) is 0 Å². The maximum absolute atomic E-state index is 10.7. The zero-order chi connectivity index (χ0) is 26.9. The van der Waals surface area contributed by atoms with Crippen LogP contribution >= 0.6 is 0 Å². The molecular formula is C26H32O11. The summed E-state index contributed by atoms with van der Waals surface area (Å²) in [4.78, 5) is 0. The van der Waals surface area contributed by atoms with Crippen LogP contribution in [0.2, 0.25) is 0 Å². The quantitative estimate of drug-likeness (QED) is 0.203. The SMILES string of the molecule is OC[C@H]1O[C@@H](c2cc(/C=C/c3ccc(O)cc3)cc([C@@H]3O[C@H](CO)[C@@H](O)[C@H](O)[C@H]3O)c2)[C@H](O)[C@@H](O)[C@@H]1O. The fraction of sp³-hybridized carbons (Fsp3) is 0.462. The molecule has 2 aromatic rings. The number of hydrogen-bond donors (Lipinski definition) is 9. The zero-order valence-corrected chi connectivity index (χ0v) is 19.7. The Bertz CT molecular complexity index is 1020. The third-order valence-corrected chi connectivity index (χ3v) is 6.80. The van der Waals surface area contributed by atoms with Gasteiger partial charge in [-0.1, -0.05) is 30.4 Å². The van der Waals surface area contributed by atoms with E-state index in [9.17, 15) is 46.0 Å². The summed E-state index contributed by atoms with van der Waals surface area (Å²) in [6.45, 7) is -1.22. The minimum absolute atomic E-state index is 0.103. The first-order chi connectivity index (χ1) is 17.6. The predicted octanol–water partition coefficient (Wildman–Crippen LogP) is -1.41. The molecule has 0 saturated carbocycles. The molecule has 4 rings (SSSR count). The van der Waals surface area contributed by atoms with Crippen molar-refractivity contribution in [1.82, 2.24) is 0 Å². The van der Waals surface area contributed by atoms with Gasteiger partial charge in [0.15, 0.2) is 0 Å². The maximum Gasteiger partial charge on any atom is 0.115 e. The summed E-state index contributed by atoms with van der Waals surface area (Å²) >= 11 is 0. The summed E-state index contributed by atoms with van der Waals surface area (Å²) < 4.78 is 11.4. The van der Waals surface area contributed by atoms with Gasteiger partial charge in [-0.15, -0.1) is 0 Å². The molecule has 10 atom stereocenters. The zero-order valence-electron chi connectivity index (χ0n) is 19.7. The lowest BCUT2D eigenvalue weighted by Gasteiger charge is -2.42. The molecule has 0 spiro atoms. The van der Waals surface area contributed by atoms with E-state index < -0.39 is 74.3 Å². The molecule has 0 radical (unpaired) electrons. The molecule has 2 aliphatic rings. The molecule has 202 valence electrons. The van der Waals surface area contributed by atoms with Gasteiger partial charge in [0.1, 0.15) is 66.8 Å². The molecule has 0 aliphatic carbocycles. The van der Waals surface area contributed by atoms with Crippen LogP contribution in [0.4, 0.5) is 0 Å². The average Bonchev–Trinajstić information content (AvgIpc) is 2.90. The van der Waals surface area contributed by atoms with Crippen molar-refractivity contribution in [3.05, 3.63) is 64.7 Å². The van der Waals surface area contributed by atoms with E-state index in [0.717, 1.165) is 5.56 Å². The van der Waals surface area contributed by atoms with Crippen molar-refractivity contribution < 1.29 is 55.4 Å². The van der Waals surface area contributed by atoms with Crippen molar-refractivity contribution in [1.29, 1.82) is 0 Å². The van der Waals surface area contributed by atoms with E-state index in [1.807, 2.05) is 0 Å². The molecule has 11 nitrogen and oxygen atoms in total. The van der Waals surface area contributed by atoms with E-state index in [1.54, 1.807) is 36.4 Å². The molecule has 2 saturated heterocycles. The average molecular weight is 521 g/mol. The van der Waals surface area contributed by atoms with Crippen molar-refractivity contribution in [2.75, 3.05) is 13.2 Å². The van der Waals surface area contributed by atoms with Crippen LogP contribution in [0.15, 0.2) is 42.5 Å². The number of phenols is 1. The van der Waals surface area contributed by atoms with Crippen LogP contribution in [-0.4, -0.2) is 108 Å². The number of benzene rings is 2. The fourth-order valence-electron chi connectivity index (χ4n) is 4.66. The van der Waals surface area contributed by atoms with Gasteiger partial charge in [-0.25, -0.2) is 0 Å². The lowest BCUT2D eigenvalue weighted by molar-refractivity contribution is -0.233. The summed E-state index contributed by atoms with van der Waals surface area (Å²) in [6.07, 6.45) is -10.6. The van der Waals surface area contributed by atoms with Crippen molar-refractivity contribution >= 4 is 12.2 Å². The van der Waals surface area contributed by atoms with Crippen molar-refractivity contribution in [2.24, 2.45) is 0 Å². The summed E-state index contributed by atoms with van der Waals surface area (Å²) in [5.41, 5.74) is 1.92. The number of aliphatic hydroxyl groups is 8. The number of hydrogen-bond acceptors (Lipinski definition) is 11. The smallest absolute Gasteiger partial charge is 0.115 e. The highest BCUT2D eigenvalue weighted by Crippen LogP contribution is 2.38. The minimum Gasteiger partial charge on any atom is -0.508 e. The van der Waals surface area contributed by atoms with Crippen LogP contribution < -0.4 is 0 Å². The Morgan fingerprint density at radius 2 is 1.00 bits per heavy atom. The van der Waals surface area contributed by atoms with Crippen molar-refractivity contribution in [2.45, 2.75) is 61.0 Å². The van der Waals surface area contributed by atoms with Crippen LogP contribution in [0.3, 0.4) is 0 Å². The molecule has 0 amide bonds. The normalized spacial score (nSPS) is 36.6.